The molecule has 1 aromatic rings. The molecular weight excluding hydrogens is 271 g/mol. The van der Waals surface area contributed by atoms with Gasteiger partial charge in [0.1, 0.15) is 5.75 Å². The maximum absolute atomic E-state index is 12.7. The molecule has 0 aromatic heterocycles. The van der Waals surface area contributed by atoms with E-state index < -0.39 is 11.7 Å². The van der Waals surface area contributed by atoms with E-state index in [9.17, 15) is 18.3 Å². The Labute approximate surface area is 115 Å². The quantitative estimate of drug-likeness (QED) is 0.810. The molecule has 1 saturated carbocycles. The Balaban J connectivity index is 1.87. The summed E-state index contributed by atoms with van der Waals surface area (Å²) in [7, 11) is 0. The van der Waals surface area contributed by atoms with Crippen LogP contribution in [0.3, 0.4) is 0 Å². The summed E-state index contributed by atoms with van der Waals surface area (Å²) in [6.45, 7) is 0.0960. The lowest BCUT2D eigenvalue weighted by molar-refractivity contribution is -0.139. The Morgan fingerprint density at radius 1 is 1.30 bits per heavy atom. The number of aliphatic hydroxyl groups is 1. The SMILES string of the molecule is OCC(CCOc1ccccc1C(F)(F)F)NC1CC1. The van der Waals surface area contributed by atoms with Crippen molar-refractivity contribution in [3.05, 3.63) is 29.8 Å². The molecule has 0 saturated heterocycles. The number of rotatable bonds is 7. The minimum atomic E-state index is -4.42. The molecule has 1 fully saturated rings. The van der Waals surface area contributed by atoms with Gasteiger partial charge >= 0.3 is 6.18 Å². The molecular formula is C14H18F3NO2. The molecule has 0 amide bonds. The number of nitrogens with one attached hydrogen (secondary N) is 1. The van der Waals surface area contributed by atoms with E-state index in [-0.39, 0.29) is 25.0 Å². The van der Waals surface area contributed by atoms with E-state index >= 15 is 0 Å². The van der Waals surface area contributed by atoms with Gasteiger partial charge in [-0.15, -0.1) is 0 Å². The Morgan fingerprint density at radius 2 is 2.00 bits per heavy atom. The summed E-state index contributed by atoms with van der Waals surface area (Å²) in [6, 6.07) is 5.47. The van der Waals surface area contributed by atoms with Crippen molar-refractivity contribution >= 4 is 0 Å². The molecule has 1 aliphatic rings. The average molecular weight is 289 g/mol. The first-order valence-corrected chi connectivity index (χ1v) is 6.66. The molecule has 2 N–H and O–H groups in total. The van der Waals surface area contributed by atoms with Gasteiger partial charge in [-0.05, 0) is 31.4 Å². The largest absolute Gasteiger partial charge is 0.493 e. The van der Waals surface area contributed by atoms with Gasteiger partial charge < -0.3 is 15.2 Å². The Hall–Kier alpha value is -1.27. The summed E-state index contributed by atoms with van der Waals surface area (Å²) in [4.78, 5) is 0. The molecule has 1 aromatic carbocycles. The normalized spacial score (nSPS) is 17.0. The standard InChI is InChI=1S/C14H18F3NO2/c15-14(16,17)12-3-1-2-4-13(12)20-8-7-11(9-19)18-10-5-6-10/h1-4,10-11,18-19H,5-9H2. The van der Waals surface area contributed by atoms with Crippen LogP contribution < -0.4 is 10.1 Å². The van der Waals surface area contributed by atoms with Crippen LogP contribution in [0.1, 0.15) is 24.8 Å². The number of para-hydroxylation sites is 1. The molecule has 0 radical (unpaired) electrons. The summed E-state index contributed by atoms with van der Waals surface area (Å²) in [6.07, 6.45) is -1.76. The van der Waals surface area contributed by atoms with E-state index in [1.54, 1.807) is 0 Å². The van der Waals surface area contributed by atoms with Crippen molar-refractivity contribution in [2.75, 3.05) is 13.2 Å². The van der Waals surface area contributed by atoms with Gasteiger partial charge in [0.05, 0.1) is 18.8 Å². The van der Waals surface area contributed by atoms with E-state index in [0.717, 1.165) is 18.9 Å². The average Bonchev–Trinajstić information content (AvgIpc) is 3.21. The van der Waals surface area contributed by atoms with Gasteiger partial charge in [0.15, 0.2) is 0 Å². The predicted molar refractivity (Wildman–Crippen MR) is 68.6 cm³/mol. The van der Waals surface area contributed by atoms with Crippen LogP contribution in [0.5, 0.6) is 5.75 Å². The lowest BCUT2D eigenvalue weighted by Gasteiger charge is -2.17. The molecule has 1 atom stereocenters. The number of hydrogen-bond donors (Lipinski definition) is 2. The van der Waals surface area contributed by atoms with Crippen molar-refractivity contribution in [3.63, 3.8) is 0 Å². The molecule has 0 heterocycles. The maximum Gasteiger partial charge on any atom is 0.419 e. The minimum Gasteiger partial charge on any atom is -0.493 e. The molecule has 0 bridgehead atoms. The predicted octanol–water partition coefficient (Wildman–Crippen LogP) is 2.59. The van der Waals surface area contributed by atoms with Gasteiger partial charge in [-0.1, -0.05) is 12.1 Å². The summed E-state index contributed by atoms with van der Waals surface area (Å²) in [5.74, 6) is -0.164. The highest BCUT2D eigenvalue weighted by molar-refractivity contribution is 5.35. The number of ether oxygens (including phenoxy) is 1. The van der Waals surface area contributed by atoms with Gasteiger partial charge in [-0.3, -0.25) is 0 Å². The van der Waals surface area contributed by atoms with Crippen LogP contribution in [0.4, 0.5) is 13.2 Å². The second kappa shape index (κ2) is 6.45. The fourth-order valence-corrected chi connectivity index (χ4v) is 1.95. The lowest BCUT2D eigenvalue weighted by Crippen LogP contribution is -2.35. The second-order valence-electron chi connectivity index (χ2n) is 4.95. The summed E-state index contributed by atoms with van der Waals surface area (Å²) in [5, 5.41) is 12.4. The van der Waals surface area contributed by atoms with E-state index in [1.165, 1.54) is 18.2 Å². The second-order valence-corrected chi connectivity index (χ2v) is 4.95. The first-order chi connectivity index (χ1) is 9.50. The smallest absolute Gasteiger partial charge is 0.419 e. The van der Waals surface area contributed by atoms with Crippen LogP contribution in [-0.4, -0.2) is 30.4 Å². The molecule has 1 aliphatic carbocycles. The van der Waals surface area contributed by atoms with Gasteiger partial charge in [0, 0.05) is 12.1 Å². The third-order valence-electron chi connectivity index (χ3n) is 3.19. The van der Waals surface area contributed by atoms with Crippen LogP contribution in [0.25, 0.3) is 0 Å². The first-order valence-electron chi connectivity index (χ1n) is 6.66. The third-order valence-corrected chi connectivity index (χ3v) is 3.19. The summed E-state index contributed by atoms with van der Waals surface area (Å²) >= 11 is 0. The fraction of sp³-hybridized carbons (Fsp3) is 0.571. The van der Waals surface area contributed by atoms with Crippen molar-refractivity contribution in [3.8, 4) is 5.75 Å². The van der Waals surface area contributed by atoms with E-state index in [1.807, 2.05) is 0 Å². The Bertz CT molecular complexity index is 433. The summed E-state index contributed by atoms with van der Waals surface area (Å²) < 4.78 is 43.5. The number of halogens is 3. The van der Waals surface area contributed by atoms with Gasteiger partial charge in [-0.2, -0.15) is 13.2 Å². The van der Waals surface area contributed by atoms with Crippen LogP contribution in [0.2, 0.25) is 0 Å². The Kier molecular flexibility index (Phi) is 4.88. The van der Waals surface area contributed by atoms with Crippen molar-refractivity contribution in [1.82, 2.24) is 5.32 Å². The van der Waals surface area contributed by atoms with Crippen molar-refractivity contribution in [2.45, 2.75) is 37.5 Å². The number of benzene rings is 1. The molecule has 6 heteroatoms. The highest BCUT2D eigenvalue weighted by Crippen LogP contribution is 2.35. The fourth-order valence-electron chi connectivity index (χ4n) is 1.95. The first kappa shape index (κ1) is 15.1. The van der Waals surface area contributed by atoms with Crippen LogP contribution in [0.15, 0.2) is 24.3 Å². The van der Waals surface area contributed by atoms with Gasteiger partial charge in [0.25, 0.3) is 0 Å². The zero-order valence-corrected chi connectivity index (χ0v) is 11.0. The van der Waals surface area contributed by atoms with Crippen LogP contribution in [0, 0.1) is 0 Å². The monoisotopic (exact) mass is 289 g/mol. The molecule has 0 aliphatic heterocycles. The molecule has 112 valence electrons. The molecule has 20 heavy (non-hydrogen) atoms. The Morgan fingerprint density at radius 3 is 2.60 bits per heavy atom. The van der Waals surface area contributed by atoms with Crippen LogP contribution in [-0.2, 0) is 6.18 Å². The molecule has 3 nitrogen and oxygen atoms in total. The highest BCUT2D eigenvalue weighted by atomic mass is 19.4. The van der Waals surface area contributed by atoms with Gasteiger partial charge in [0.2, 0.25) is 0 Å². The molecule has 2 rings (SSSR count). The maximum atomic E-state index is 12.7. The van der Waals surface area contributed by atoms with Crippen LogP contribution >= 0.6 is 0 Å². The van der Waals surface area contributed by atoms with E-state index in [0.29, 0.717) is 12.5 Å². The lowest BCUT2D eigenvalue weighted by atomic mass is 10.2. The topological polar surface area (TPSA) is 41.5 Å². The number of hydrogen-bond acceptors (Lipinski definition) is 3. The van der Waals surface area contributed by atoms with E-state index in [4.69, 9.17) is 4.74 Å². The van der Waals surface area contributed by atoms with E-state index in [2.05, 4.69) is 5.32 Å². The summed E-state index contributed by atoms with van der Waals surface area (Å²) in [5.41, 5.74) is -0.768. The number of aliphatic hydroxyl groups excluding tert-OH is 1. The van der Waals surface area contributed by atoms with Crippen molar-refractivity contribution in [1.29, 1.82) is 0 Å². The molecule has 0 spiro atoms. The van der Waals surface area contributed by atoms with Gasteiger partial charge in [-0.25, -0.2) is 0 Å². The van der Waals surface area contributed by atoms with Crippen molar-refractivity contribution < 1.29 is 23.0 Å². The van der Waals surface area contributed by atoms with Crippen molar-refractivity contribution in [2.24, 2.45) is 0 Å². The zero-order chi connectivity index (χ0) is 14.6. The third kappa shape index (κ3) is 4.38. The highest BCUT2D eigenvalue weighted by Gasteiger charge is 2.34. The molecule has 1 unspecified atom stereocenters. The minimum absolute atomic E-state index is 0.0409. The zero-order valence-electron chi connectivity index (χ0n) is 11.0. The number of alkyl halides is 3.